The summed E-state index contributed by atoms with van der Waals surface area (Å²) in [5, 5.41) is 16.0. The molecule has 0 spiro atoms. The van der Waals surface area contributed by atoms with Gasteiger partial charge in [-0.05, 0) is 24.6 Å². The fraction of sp³-hybridized carbons (Fsp3) is 0.190. The maximum atomic E-state index is 13.1. The molecule has 10 heteroatoms. The average Bonchev–Trinajstić information content (AvgIpc) is 3.13. The van der Waals surface area contributed by atoms with Crippen molar-refractivity contribution in [2.45, 2.75) is 17.9 Å². The first-order valence-electron chi connectivity index (χ1n) is 9.29. The zero-order valence-electron chi connectivity index (χ0n) is 17.2. The molecule has 0 saturated heterocycles. The van der Waals surface area contributed by atoms with Crippen molar-refractivity contribution in [1.82, 2.24) is 15.1 Å². The molecule has 3 aromatic rings. The van der Waals surface area contributed by atoms with Crippen LogP contribution in [-0.2, 0) is 21.9 Å². The zero-order chi connectivity index (χ0) is 22.8. The van der Waals surface area contributed by atoms with Crippen LogP contribution < -0.4 is 9.62 Å². The Morgan fingerprint density at radius 1 is 1.10 bits per heavy atom. The summed E-state index contributed by atoms with van der Waals surface area (Å²) >= 11 is 0. The van der Waals surface area contributed by atoms with E-state index in [1.165, 1.54) is 37.1 Å². The average molecular weight is 442 g/mol. The molecule has 0 bridgehead atoms. The highest BCUT2D eigenvalue weighted by Crippen LogP contribution is 2.26. The smallest absolute Gasteiger partial charge is 0.330 e. The van der Waals surface area contributed by atoms with Crippen molar-refractivity contribution in [1.29, 1.82) is 0 Å². The lowest BCUT2D eigenvalue weighted by Gasteiger charge is -2.21. The maximum absolute atomic E-state index is 13.1. The second-order valence-electron chi connectivity index (χ2n) is 6.95. The number of hydrogen-bond donors (Lipinski definition) is 2. The van der Waals surface area contributed by atoms with E-state index in [9.17, 15) is 23.1 Å². The first-order chi connectivity index (χ1) is 14.6. The second kappa shape index (κ2) is 8.60. The minimum atomic E-state index is -3.98. The summed E-state index contributed by atoms with van der Waals surface area (Å²) in [4.78, 5) is 24.7. The number of carbonyl (C=O) groups excluding carboxylic acids is 1. The molecule has 2 aromatic carbocycles. The van der Waals surface area contributed by atoms with Gasteiger partial charge in [-0.2, -0.15) is 5.10 Å². The van der Waals surface area contributed by atoms with Crippen LogP contribution in [0.2, 0.25) is 0 Å². The van der Waals surface area contributed by atoms with Crippen LogP contribution in [0.1, 0.15) is 27.5 Å². The number of aryl methyl sites for hydroxylation is 2. The number of nitrogens with one attached hydrogen (secondary N) is 1. The molecule has 1 aromatic heterocycles. The van der Waals surface area contributed by atoms with E-state index >= 15 is 0 Å². The van der Waals surface area contributed by atoms with E-state index in [4.69, 9.17) is 0 Å². The Hall–Kier alpha value is -3.66. The van der Waals surface area contributed by atoms with E-state index in [1.54, 1.807) is 42.5 Å². The Labute approximate surface area is 180 Å². The molecule has 3 rings (SSSR count). The number of sulfonamides is 1. The van der Waals surface area contributed by atoms with Gasteiger partial charge in [0.2, 0.25) is 0 Å². The molecule has 0 aliphatic heterocycles. The summed E-state index contributed by atoms with van der Waals surface area (Å²) in [7, 11) is -1.16. The molecule has 0 aliphatic carbocycles. The lowest BCUT2D eigenvalue weighted by atomic mass is 10.1. The van der Waals surface area contributed by atoms with Gasteiger partial charge in [-0.1, -0.05) is 48.0 Å². The van der Waals surface area contributed by atoms with E-state index in [0.29, 0.717) is 5.56 Å². The molecule has 0 fully saturated rings. The predicted octanol–water partition coefficient (Wildman–Crippen LogP) is 2.11. The molecule has 1 amide bonds. The van der Waals surface area contributed by atoms with Crippen LogP contribution in [0.15, 0.2) is 65.7 Å². The van der Waals surface area contributed by atoms with Gasteiger partial charge in [-0.3, -0.25) is 13.8 Å². The summed E-state index contributed by atoms with van der Waals surface area (Å²) < 4.78 is 28.4. The minimum Gasteiger partial charge on any atom is -0.479 e. The highest BCUT2D eigenvalue weighted by molar-refractivity contribution is 7.92. The number of carboxylic acid groups (broad SMARTS) is 1. The first-order valence-corrected chi connectivity index (χ1v) is 10.7. The van der Waals surface area contributed by atoms with Crippen LogP contribution >= 0.6 is 0 Å². The SMILES string of the molecule is Cc1ccc(S(=O)(=O)N(C)c2c(C(=O)N[C@H](C(=O)O)c3ccccc3)cnn2C)cc1. The Kier molecular flexibility index (Phi) is 6.11. The van der Waals surface area contributed by atoms with Gasteiger partial charge < -0.3 is 10.4 Å². The molecule has 0 saturated carbocycles. The number of carbonyl (C=O) groups is 2. The lowest BCUT2D eigenvalue weighted by Crippen LogP contribution is -2.35. The molecule has 162 valence electrons. The van der Waals surface area contributed by atoms with Crippen molar-refractivity contribution in [3.8, 4) is 0 Å². The number of nitrogens with zero attached hydrogens (tertiary/aromatic N) is 3. The molecule has 1 heterocycles. The van der Waals surface area contributed by atoms with E-state index in [1.807, 2.05) is 6.92 Å². The highest BCUT2D eigenvalue weighted by atomic mass is 32.2. The van der Waals surface area contributed by atoms with Gasteiger partial charge in [-0.25, -0.2) is 13.2 Å². The Bertz CT molecular complexity index is 1200. The van der Waals surface area contributed by atoms with Crippen molar-refractivity contribution >= 4 is 27.7 Å². The number of amides is 1. The minimum absolute atomic E-state index is 0.00951. The van der Waals surface area contributed by atoms with Gasteiger partial charge >= 0.3 is 5.97 Å². The molecule has 1 atom stereocenters. The molecule has 0 aliphatic rings. The lowest BCUT2D eigenvalue weighted by molar-refractivity contribution is -0.139. The van der Waals surface area contributed by atoms with E-state index in [2.05, 4.69) is 10.4 Å². The Morgan fingerprint density at radius 2 is 1.71 bits per heavy atom. The summed E-state index contributed by atoms with van der Waals surface area (Å²) in [6.07, 6.45) is 1.20. The van der Waals surface area contributed by atoms with Gasteiger partial charge in [0.25, 0.3) is 15.9 Å². The van der Waals surface area contributed by atoms with Gasteiger partial charge in [0.1, 0.15) is 5.56 Å². The Morgan fingerprint density at radius 3 is 2.29 bits per heavy atom. The third-order valence-corrected chi connectivity index (χ3v) is 6.55. The van der Waals surface area contributed by atoms with Crippen molar-refractivity contribution in [2.24, 2.45) is 7.05 Å². The Balaban J connectivity index is 1.95. The number of carboxylic acids is 1. The number of aliphatic carboxylic acids is 1. The first kappa shape index (κ1) is 22.0. The largest absolute Gasteiger partial charge is 0.479 e. The summed E-state index contributed by atoms with van der Waals surface area (Å²) in [5.41, 5.74) is 1.22. The summed E-state index contributed by atoms with van der Waals surface area (Å²) in [6.45, 7) is 1.84. The van der Waals surface area contributed by atoms with Crippen LogP contribution in [0, 0.1) is 6.92 Å². The molecular formula is C21H22N4O5S. The van der Waals surface area contributed by atoms with Gasteiger partial charge in [0, 0.05) is 14.1 Å². The number of rotatable bonds is 7. The van der Waals surface area contributed by atoms with Gasteiger partial charge in [-0.15, -0.1) is 0 Å². The number of aromatic nitrogens is 2. The summed E-state index contributed by atoms with van der Waals surface area (Å²) in [5.74, 6) is -1.99. The van der Waals surface area contributed by atoms with Crippen LogP contribution in [-0.4, -0.2) is 42.2 Å². The molecule has 2 N–H and O–H groups in total. The van der Waals surface area contributed by atoms with Gasteiger partial charge in [0.15, 0.2) is 11.9 Å². The quantitative estimate of drug-likeness (QED) is 0.578. The third-order valence-electron chi connectivity index (χ3n) is 4.79. The standard InChI is InChI=1S/C21H22N4O5S/c1-14-9-11-16(12-10-14)31(29,30)25(3)20-17(13-22-24(20)2)19(26)23-18(21(27)28)15-7-5-4-6-8-15/h4-13,18H,1-3H3,(H,23,26)(H,27,28)/t18-/m0/s1. The van der Waals surface area contributed by atoms with Crippen molar-refractivity contribution in [3.63, 3.8) is 0 Å². The highest BCUT2D eigenvalue weighted by Gasteiger charge is 2.30. The number of hydrogen-bond acceptors (Lipinski definition) is 5. The fourth-order valence-electron chi connectivity index (χ4n) is 3.09. The van der Waals surface area contributed by atoms with Crippen LogP contribution in [0.25, 0.3) is 0 Å². The van der Waals surface area contributed by atoms with Crippen LogP contribution in [0.5, 0.6) is 0 Å². The van der Waals surface area contributed by atoms with E-state index in [0.717, 1.165) is 9.87 Å². The predicted molar refractivity (Wildman–Crippen MR) is 114 cm³/mol. The van der Waals surface area contributed by atoms with Crippen molar-refractivity contribution in [2.75, 3.05) is 11.4 Å². The van der Waals surface area contributed by atoms with E-state index < -0.39 is 27.9 Å². The van der Waals surface area contributed by atoms with Crippen LogP contribution in [0.4, 0.5) is 5.82 Å². The topological polar surface area (TPSA) is 122 Å². The number of benzene rings is 2. The molecule has 9 nitrogen and oxygen atoms in total. The number of anilines is 1. The fourth-order valence-corrected chi connectivity index (χ4v) is 4.33. The zero-order valence-corrected chi connectivity index (χ0v) is 18.0. The molecular weight excluding hydrogens is 420 g/mol. The third kappa shape index (κ3) is 4.43. The molecule has 0 unspecified atom stereocenters. The normalized spacial score (nSPS) is 12.2. The van der Waals surface area contributed by atoms with E-state index in [-0.39, 0.29) is 16.3 Å². The van der Waals surface area contributed by atoms with Crippen molar-refractivity contribution < 1.29 is 23.1 Å². The summed E-state index contributed by atoms with van der Waals surface area (Å²) in [6, 6.07) is 13.2. The van der Waals surface area contributed by atoms with Gasteiger partial charge in [0.05, 0.1) is 11.1 Å². The van der Waals surface area contributed by atoms with Crippen LogP contribution in [0.3, 0.4) is 0 Å². The van der Waals surface area contributed by atoms with Crippen molar-refractivity contribution in [3.05, 3.63) is 77.5 Å². The monoisotopic (exact) mass is 442 g/mol. The molecule has 0 radical (unpaired) electrons. The maximum Gasteiger partial charge on any atom is 0.330 e. The molecule has 31 heavy (non-hydrogen) atoms. The second-order valence-corrected chi connectivity index (χ2v) is 8.92.